The summed E-state index contributed by atoms with van der Waals surface area (Å²) in [7, 11) is -3.73. The van der Waals surface area contributed by atoms with Crippen molar-refractivity contribution in [3.8, 4) is 0 Å². The van der Waals surface area contributed by atoms with Gasteiger partial charge in [-0.3, -0.25) is 0 Å². The number of nitrogens with zero attached hydrogens (tertiary/aromatic N) is 3. The summed E-state index contributed by atoms with van der Waals surface area (Å²) in [5, 5.41) is 10.3. The summed E-state index contributed by atoms with van der Waals surface area (Å²) in [6, 6.07) is 18.4. The normalized spacial score (nSPS) is 18.2. The fourth-order valence-corrected chi connectivity index (χ4v) is 6.36. The lowest BCUT2D eigenvalue weighted by atomic mass is 10.1. The number of hydrogen-bond donors (Lipinski definition) is 2. The summed E-state index contributed by atoms with van der Waals surface area (Å²) >= 11 is 1.40. The van der Waals surface area contributed by atoms with Crippen LogP contribution in [0.3, 0.4) is 0 Å². The molecule has 1 heterocycles. The molecule has 4 aromatic rings. The van der Waals surface area contributed by atoms with Gasteiger partial charge in [0.25, 0.3) is 0 Å². The van der Waals surface area contributed by atoms with Gasteiger partial charge < -0.3 is 5.84 Å². The van der Waals surface area contributed by atoms with Gasteiger partial charge in [0.1, 0.15) is 6.33 Å². The van der Waals surface area contributed by atoms with Crippen molar-refractivity contribution in [3.63, 3.8) is 0 Å². The minimum Gasteiger partial charge on any atom is -0.336 e. The molecule has 7 nitrogen and oxygen atoms in total. The lowest BCUT2D eigenvalue weighted by molar-refractivity contribution is 0.557. The van der Waals surface area contributed by atoms with E-state index in [1.807, 2.05) is 43.3 Å². The molecule has 0 bridgehead atoms. The quantitative estimate of drug-likeness (QED) is 0.464. The van der Waals surface area contributed by atoms with Gasteiger partial charge in [-0.05, 0) is 41.0 Å². The van der Waals surface area contributed by atoms with E-state index in [0.717, 1.165) is 27.5 Å². The van der Waals surface area contributed by atoms with Crippen molar-refractivity contribution in [3.05, 3.63) is 83.7 Å². The number of aryl methyl sites for hydroxylation is 1. The third-order valence-electron chi connectivity index (χ3n) is 5.30. The predicted molar refractivity (Wildman–Crippen MR) is 117 cm³/mol. The highest BCUT2D eigenvalue weighted by atomic mass is 32.2. The molecule has 0 spiro atoms. The van der Waals surface area contributed by atoms with Gasteiger partial charge in [-0.2, -0.15) is 0 Å². The third kappa shape index (κ3) is 3.15. The van der Waals surface area contributed by atoms with Gasteiger partial charge >= 0.3 is 0 Å². The van der Waals surface area contributed by atoms with E-state index < -0.39 is 16.1 Å². The molecular weight excluding hydrogens is 418 g/mol. The minimum absolute atomic E-state index is 0.238. The molecule has 0 aliphatic heterocycles. The van der Waals surface area contributed by atoms with Crippen molar-refractivity contribution in [1.29, 1.82) is 0 Å². The average Bonchev–Trinajstić information content (AvgIpc) is 3.26. The highest BCUT2D eigenvalue weighted by Gasteiger charge is 2.38. The molecule has 5 rings (SSSR count). The average molecular weight is 438 g/mol. The molecule has 9 heteroatoms. The van der Waals surface area contributed by atoms with Crippen LogP contribution in [-0.4, -0.2) is 23.3 Å². The second kappa shape index (κ2) is 7.12. The van der Waals surface area contributed by atoms with E-state index in [4.69, 9.17) is 5.84 Å². The zero-order valence-corrected chi connectivity index (χ0v) is 17.7. The Morgan fingerprint density at radius 3 is 2.40 bits per heavy atom. The first-order valence-electron chi connectivity index (χ1n) is 9.36. The highest BCUT2D eigenvalue weighted by Crippen LogP contribution is 2.52. The Kier molecular flexibility index (Phi) is 4.53. The van der Waals surface area contributed by atoms with Gasteiger partial charge in [0, 0.05) is 0 Å². The second-order valence-electron chi connectivity index (χ2n) is 7.26. The molecule has 0 fully saturated rings. The van der Waals surface area contributed by atoms with E-state index in [-0.39, 0.29) is 10.1 Å². The number of aromatic nitrogens is 3. The van der Waals surface area contributed by atoms with Gasteiger partial charge in [0.15, 0.2) is 0 Å². The van der Waals surface area contributed by atoms with Crippen molar-refractivity contribution in [2.75, 3.05) is 5.84 Å². The number of hydrogen-bond acceptors (Lipinski definition) is 6. The van der Waals surface area contributed by atoms with Crippen LogP contribution in [0.25, 0.3) is 10.8 Å². The van der Waals surface area contributed by atoms with Crippen LogP contribution in [0, 0.1) is 6.92 Å². The Hall–Kier alpha value is -2.88. The van der Waals surface area contributed by atoms with Crippen LogP contribution >= 0.6 is 11.8 Å². The van der Waals surface area contributed by atoms with Crippen LogP contribution in [-0.2, 0) is 10.0 Å². The fraction of sp³-hybridized carbons (Fsp3) is 0.143. The van der Waals surface area contributed by atoms with Gasteiger partial charge in [0.2, 0.25) is 15.2 Å². The molecule has 30 heavy (non-hydrogen) atoms. The number of sulfonamides is 1. The highest BCUT2D eigenvalue weighted by molar-refractivity contribution is 7.99. The maximum absolute atomic E-state index is 13.2. The van der Waals surface area contributed by atoms with Crippen molar-refractivity contribution in [2.24, 2.45) is 0 Å². The van der Waals surface area contributed by atoms with E-state index in [2.05, 4.69) is 14.9 Å². The molecule has 0 saturated carbocycles. The maximum Gasteiger partial charge on any atom is 0.241 e. The summed E-state index contributed by atoms with van der Waals surface area (Å²) in [5.74, 6) is 5.93. The standard InChI is InChI=1S/C21H19N5O2S2/c1-13-8-10-15(11-9-13)30(27,28)25-19-16-6-2-4-14-5-3-7-17(18(14)16)20(19)29-21-24-23-12-26(21)22/h2-12,19-20,25H,22H2,1H3/t19-,20-/m0/s1. The first-order valence-corrected chi connectivity index (χ1v) is 11.7. The van der Waals surface area contributed by atoms with Crippen LogP contribution in [0.4, 0.5) is 0 Å². The van der Waals surface area contributed by atoms with Gasteiger partial charge in [0.05, 0.1) is 16.2 Å². The summed E-state index contributed by atoms with van der Waals surface area (Å²) in [6.45, 7) is 1.92. The van der Waals surface area contributed by atoms with E-state index >= 15 is 0 Å². The fourth-order valence-electron chi connectivity index (χ4n) is 3.88. The van der Waals surface area contributed by atoms with Crippen LogP contribution in [0.1, 0.15) is 28.0 Å². The zero-order valence-electron chi connectivity index (χ0n) is 16.1. The molecule has 0 amide bonds. The van der Waals surface area contributed by atoms with E-state index in [1.165, 1.54) is 22.8 Å². The number of thioether (sulfide) groups is 1. The lowest BCUT2D eigenvalue weighted by Crippen LogP contribution is -2.30. The second-order valence-corrected chi connectivity index (χ2v) is 10.1. The molecule has 0 unspecified atom stereocenters. The van der Waals surface area contributed by atoms with Crippen LogP contribution in [0.2, 0.25) is 0 Å². The Labute approximate surface area is 178 Å². The molecule has 152 valence electrons. The lowest BCUT2D eigenvalue weighted by Gasteiger charge is -2.22. The first kappa shape index (κ1) is 19.1. The van der Waals surface area contributed by atoms with Crippen LogP contribution in [0.15, 0.2) is 77.0 Å². The third-order valence-corrected chi connectivity index (χ3v) is 8.04. The zero-order chi connectivity index (χ0) is 20.9. The van der Waals surface area contributed by atoms with E-state index in [1.54, 1.807) is 24.3 Å². The van der Waals surface area contributed by atoms with Crippen molar-refractivity contribution < 1.29 is 8.42 Å². The van der Waals surface area contributed by atoms with Gasteiger partial charge in [-0.15, -0.1) is 10.2 Å². The number of rotatable bonds is 5. The van der Waals surface area contributed by atoms with Crippen molar-refractivity contribution in [1.82, 2.24) is 19.6 Å². The molecule has 1 aromatic heterocycles. The number of nitrogen functional groups attached to an aromatic ring is 1. The Morgan fingerprint density at radius 2 is 1.73 bits per heavy atom. The van der Waals surface area contributed by atoms with Crippen molar-refractivity contribution >= 4 is 32.6 Å². The molecule has 0 radical (unpaired) electrons. The maximum atomic E-state index is 13.2. The number of nitrogens with one attached hydrogen (secondary N) is 1. The summed E-state index contributed by atoms with van der Waals surface area (Å²) in [4.78, 5) is 0.238. The minimum atomic E-state index is -3.73. The molecule has 3 N–H and O–H groups in total. The summed E-state index contributed by atoms with van der Waals surface area (Å²) < 4.78 is 30.7. The smallest absolute Gasteiger partial charge is 0.241 e. The Morgan fingerprint density at radius 1 is 1.03 bits per heavy atom. The van der Waals surface area contributed by atoms with Crippen LogP contribution in [0.5, 0.6) is 0 Å². The van der Waals surface area contributed by atoms with E-state index in [0.29, 0.717) is 5.16 Å². The largest absolute Gasteiger partial charge is 0.336 e. The van der Waals surface area contributed by atoms with Crippen LogP contribution < -0.4 is 10.6 Å². The molecule has 3 aromatic carbocycles. The molecular formula is C21H19N5O2S2. The predicted octanol–water partition coefficient (Wildman–Crippen LogP) is 3.32. The van der Waals surface area contributed by atoms with Gasteiger partial charge in [-0.1, -0.05) is 65.9 Å². The molecule has 2 atom stereocenters. The molecule has 1 aliphatic rings. The first-order chi connectivity index (χ1) is 14.4. The van der Waals surface area contributed by atoms with E-state index in [9.17, 15) is 8.42 Å². The topological polar surface area (TPSA) is 103 Å². The SMILES string of the molecule is Cc1ccc(S(=O)(=O)N[C@H]2c3cccc4cccc(c34)[C@@H]2Sc2nncn2N)cc1. The summed E-state index contributed by atoms with van der Waals surface area (Å²) in [5.41, 5.74) is 3.00. The summed E-state index contributed by atoms with van der Waals surface area (Å²) in [6.07, 6.45) is 1.43. The monoisotopic (exact) mass is 437 g/mol. The Bertz CT molecular complexity index is 1340. The molecule has 0 saturated heterocycles. The number of nitrogens with two attached hydrogens (primary N) is 1. The Balaban J connectivity index is 1.60. The number of benzene rings is 3. The van der Waals surface area contributed by atoms with Gasteiger partial charge in [-0.25, -0.2) is 17.8 Å². The van der Waals surface area contributed by atoms with Crippen molar-refractivity contribution in [2.45, 2.75) is 28.3 Å². The molecule has 1 aliphatic carbocycles.